The molecule has 0 amide bonds. The van der Waals surface area contributed by atoms with Crippen molar-refractivity contribution in [3.05, 3.63) is 24.3 Å². The Bertz CT molecular complexity index is 342. The van der Waals surface area contributed by atoms with Crippen LogP contribution in [0.2, 0.25) is 0 Å². The molecule has 178 valence electrons. The van der Waals surface area contributed by atoms with E-state index in [-0.39, 0.29) is 36.3 Å². The molecule has 0 aliphatic carbocycles. The minimum absolute atomic E-state index is 0. The first kappa shape index (κ1) is 34.6. The summed E-state index contributed by atoms with van der Waals surface area (Å²) in [4.78, 5) is 0. The van der Waals surface area contributed by atoms with E-state index in [2.05, 4.69) is 107 Å². The van der Waals surface area contributed by atoms with Crippen molar-refractivity contribution in [2.75, 3.05) is 12.3 Å². The molecule has 0 aliphatic rings. The molecule has 0 fully saturated rings. The van der Waals surface area contributed by atoms with Gasteiger partial charge in [-0.1, -0.05) is 123 Å². The molecule has 0 N–H and O–H groups in total. The monoisotopic (exact) mass is 534 g/mol. The van der Waals surface area contributed by atoms with E-state index in [9.17, 15) is 0 Å². The molecule has 0 bridgehead atoms. The third-order valence-electron chi connectivity index (χ3n) is 4.83. The van der Waals surface area contributed by atoms with E-state index in [0.717, 1.165) is 34.5 Å². The van der Waals surface area contributed by atoms with Gasteiger partial charge in [-0.05, 0) is 59.6 Å². The molecule has 0 nitrogen and oxygen atoms in total. The first-order valence-corrected chi connectivity index (χ1v) is 15.0. The average Bonchev–Trinajstić information content (AvgIpc) is 2.52. The summed E-state index contributed by atoms with van der Waals surface area (Å²) in [7, 11) is 0.407. The van der Waals surface area contributed by atoms with Crippen molar-refractivity contribution in [1.29, 1.82) is 0 Å². The van der Waals surface area contributed by atoms with Crippen LogP contribution in [0.4, 0.5) is 0 Å². The van der Waals surface area contributed by atoms with E-state index in [1.54, 1.807) is 0 Å². The molecule has 0 spiro atoms. The van der Waals surface area contributed by atoms with Crippen LogP contribution in [-0.4, -0.2) is 35.0 Å². The Morgan fingerprint density at radius 1 is 0.448 bits per heavy atom. The van der Waals surface area contributed by atoms with Crippen molar-refractivity contribution in [1.82, 2.24) is 0 Å². The standard InChI is InChI=1S/2C13H27P.Pd/c2*1-11(2)9-7-8-10-14(12(3)4)13(5)6;/h2*7-8,11-13H,9-10H2,1-6H3;. The molecule has 3 heteroatoms. The van der Waals surface area contributed by atoms with Crippen molar-refractivity contribution in [2.45, 2.75) is 119 Å². The van der Waals surface area contributed by atoms with Crippen molar-refractivity contribution in [2.24, 2.45) is 11.8 Å². The fourth-order valence-electron chi connectivity index (χ4n) is 3.17. The maximum absolute atomic E-state index is 2.41. The SMILES string of the molecule is CC(C)CC=CCP(C(C)C)C(C)C.CC(C)CC=CCP(C(C)C)C(C)C.[Pd]. The largest absolute Gasteiger partial charge is 0.0976 e. The normalized spacial score (nSPS) is 12.6. The van der Waals surface area contributed by atoms with Gasteiger partial charge < -0.3 is 0 Å². The third-order valence-corrected chi connectivity index (χ3v) is 11.4. The van der Waals surface area contributed by atoms with Gasteiger partial charge in [0.25, 0.3) is 0 Å². The van der Waals surface area contributed by atoms with Gasteiger partial charge in [0.05, 0.1) is 0 Å². The summed E-state index contributed by atoms with van der Waals surface area (Å²) in [5.74, 6) is 1.60. The van der Waals surface area contributed by atoms with Gasteiger partial charge in [0.2, 0.25) is 0 Å². The van der Waals surface area contributed by atoms with Crippen LogP contribution in [-0.2, 0) is 20.4 Å². The van der Waals surface area contributed by atoms with E-state index in [0.29, 0.717) is 0 Å². The second-order valence-corrected chi connectivity index (χ2v) is 16.9. The zero-order valence-electron chi connectivity index (χ0n) is 21.8. The summed E-state index contributed by atoms with van der Waals surface area (Å²) in [5, 5.41) is 0. The number of hydrogen-bond donors (Lipinski definition) is 0. The Balaban J connectivity index is -0.000000451. The van der Waals surface area contributed by atoms with Crippen LogP contribution >= 0.6 is 15.8 Å². The Hall–Kier alpha value is 1.00. The summed E-state index contributed by atoms with van der Waals surface area (Å²) in [6, 6.07) is 0. The molecule has 0 radical (unpaired) electrons. The van der Waals surface area contributed by atoms with Crippen LogP contribution in [0.25, 0.3) is 0 Å². The average molecular weight is 535 g/mol. The predicted molar refractivity (Wildman–Crippen MR) is 141 cm³/mol. The maximum Gasteiger partial charge on any atom is 0 e. The molecule has 0 aromatic carbocycles. The number of rotatable bonds is 12. The molecule has 0 saturated heterocycles. The van der Waals surface area contributed by atoms with Gasteiger partial charge >= 0.3 is 0 Å². The summed E-state index contributed by atoms with van der Waals surface area (Å²) in [6.45, 7) is 28.0. The minimum atomic E-state index is 0. The molecule has 0 rings (SSSR count). The minimum Gasteiger partial charge on any atom is -0.0976 e. The van der Waals surface area contributed by atoms with Gasteiger partial charge in [-0.25, -0.2) is 0 Å². The van der Waals surface area contributed by atoms with Crippen molar-refractivity contribution in [3.63, 3.8) is 0 Å². The molecule has 29 heavy (non-hydrogen) atoms. The Kier molecular flexibility index (Phi) is 24.9. The second-order valence-electron chi connectivity index (χ2n) is 9.97. The Morgan fingerprint density at radius 2 is 0.690 bits per heavy atom. The van der Waals surface area contributed by atoms with E-state index >= 15 is 0 Å². The van der Waals surface area contributed by atoms with Gasteiger partial charge in [0.1, 0.15) is 0 Å². The van der Waals surface area contributed by atoms with E-state index in [4.69, 9.17) is 0 Å². The fourth-order valence-corrected chi connectivity index (χ4v) is 8.02. The topological polar surface area (TPSA) is 0 Å². The predicted octanol–water partition coefficient (Wildman–Crippen LogP) is 9.77. The Labute approximate surface area is 202 Å². The summed E-state index contributed by atoms with van der Waals surface area (Å²) >= 11 is 0. The summed E-state index contributed by atoms with van der Waals surface area (Å²) < 4.78 is 0. The quantitative estimate of drug-likeness (QED) is 0.133. The van der Waals surface area contributed by atoms with Crippen molar-refractivity contribution >= 4 is 15.8 Å². The van der Waals surface area contributed by atoms with E-state index in [1.165, 1.54) is 25.2 Å². The van der Waals surface area contributed by atoms with Gasteiger partial charge in [-0.15, -0.1) is 0 Å². The molecule has 0 unspecified atom stereocenters. The third kappa shape index (κ3) is 22.0. The molecule has 0 aromatic rings. The summed E-state index contributed by atoms with van der Waals surface area (Å²) in [6.07, 6.45) is 14.7. The molecular formula is C26H54P2Pd. The maximum atomic E-state index is 2.41. The number of hydrogen-bond acceptors (Lipinski definition) is 0. The van der Waals surface area contributed by atoms with Crippen LogP contribution < -0.4 is 0 Å². The zero-order chi connectivity index (χ0) is 22.3. The molecule has 0 saturated carbocycles. The first-order chi connectivity index (χ1) is 12.9. The van der Waals surface area contributed by atoms with Gasteiger partial charge in [0.15, 0.2) is 0 Å². The molecule has 0 heterocycles. The van der Waals surface area contributed by atoms with Gasteiger partial charge in [-0.3, -0.25) is 0 Å². The summed E-state index contributed by atoms with van der Waals surface area (Å²) in [5.41, 5.74) is 3.48. The van der Waals surface area contributed by atoms with E-state index in [1.807, 2.05) is 0 Å². The van der Waals surface area contributed by atoms with E-state index < -0.39 is 0 Å². The number of allylic oxidation sites excluding steroid dienone is 4. The fraction of sp³-hybridized carbons (Fsp3) is 0.846. The van der Waals surface area contributed by atoms with Crippen LogP contribution in [0, 0.1) is 11.8 Å². The molecule has 0 atom stereocenters. The smallest absolute Gasteiger partial charge is 0 e. The zero-order valence-corrected chi connectivity index (χ0v) is 25.2. The second kappa shape index (κ2) is 20.9. The van der Waals surface area contributed by atoms with Crippen molar-refractivity contribution in [3.8, 4) is 0 Å². The molecule has 0 aliphatic heterocycles. The Morgan fingerprint density at radius 3 is 0.862 bits per heavy atom. The van der Waals surface area contributed by atoms with Crippen LogP contribution in [0.15, 0.2) is 24.3 Å². The molecule has 0 aromatic heterocycles. The molecular weight excluding hydrogens is 481 g/mol. The van der Waals surface area contributed by atoms with Crippen LogP contribution in [0.3, 0.4) is 0 Å². The van der Waals surface area contributed by atoms with Crippen LogP contribution in [0.1, 0.15) is 95.9 Å². The van der Waals surface area contributed by atoms with Crippen LogP contribution in [0.5, 0.6) is 0 Å². The van der Waals surface area contributed by atoms with Crippen molar-refractivity contribution < 1.29 is 20.4 Å². The van der Waals surface area contributed by atoms with Gasteiger partial charge in [0, 0.05) is 20.4 Å². The first-order valence-electron chi connectivity index (χ1n) is 11.7. The van der Waals surface area contributed by atoms with Gasteiger partial charge in [-0.2, -0.15) is 0 Å².